The third kappa shape index (κ3) is 35.4. The topological polar surface area (TPSA) is 105 Å². The van der Waals surface area contributed by atoms with Crippen molar-refractivity contribution in [1.29, 1.82) is 0 Å². The zero-order valence-electron chi connectivity index (χ0n) is 32.9. The van der Waals surface area contributed by atoms with Crippen molar-refractivity contribution in [3.8, 4) is 0 Å². The third-order valence-electron chi connectivity index (χ3n) is 9.26. The van der Waals surface area contributed by atoms with Gasteiger partial charge in [-0.25, -0.2) is 4.57 Å². The fourth-order valence-electron chi connectivity index (χ4n) is 5.92. The molecule has 0 saturated heterocycles. The first-order valence-electron chi connectivity index (χ1n) is 20.6. The number of quaternary nitrogens is 1. The molecule has 292 valence electrons. The number of phosphoric acid groups is 1. The van der Waals surface area contributed by atoms with E-state index in [4.69, 9.17) is 9.05 Å². The molecule has 9 heteroatoms. The zero-order chi connectivity index (χ0) is 36.5. The molecule has 49 heavy (non-hydrogen) atoms. The number of phosphoric ester groups is 1. The van der Waals surface area contributed by atoms with E-state index in [9.17, 15) is 19.4 Å². The van der Waals surface area contributed by atoms with E-state index in [1.54, 1.807) is 6.08 Å². The number of allylic oxidation sites excluding steroid dienone is 1. The molecule has 0 aromatic rings. The molecule has 0 aromatic heterocycles. The van der Waals surface area contributed by atoms with Crippen LogP contribution in [0.4, 0.5) is 0 Å². The van der Waals surface area contributed by atoms with E-state index in [1.165, 1.54) is 128 Å². The van der Waals surface area contributed by atoms with E-state index in [0.717, 1.165) is 38.5 Å². The monoisotopic (exact) mass is 718 g/mol. The van der Waals surface area contributed by atoms with E-state index < -0.39 is 20.0 Å². The Bertz CT molecular complexity index is 819. The molecular weight excluding hydrogens is 635 g/mol. The molecule has 3 atom stereocenters. The van der Waals surface area contributed by atoms with Crippen LogP contribution < -0.4 is 5.32 Å². The average molecular weight is 718 g/mol. The Hall–Kier alpha value is -0.760. The molecule has 8 nitrogen and oxygen atoms in total. The Kier molecular flexibility index (Phi) is 32.6. The normalized spacial score (nSPS) is 14.7. The highest BCUT2D eigenvalue weighted by molar-refractivity contribution is 7.47. The lowest BCUT2D eigenvalue weighted by atomic mass is 10.0. The lowest BCUT2D eigenvalue weighted by molar-refractivity contribution is -0.870. The molecule has 1 amide bonds. The van der Waals surface area contributed by atoms with Gasteiger partial charge >= 0.3 is 7.82 Å². The second-order valence-electron chi connectivity index (χ2n) is 15.4. The average Bonchev–Trinajstić information content (AvgIpc) is 3.04. The number of hydrogen-bond donors (Lipinski definition) is 3. The number of amides is 1. The Morgan fingerprint density at radius 3 is 1.51 bits per heavy atom. The lowest BCUT2D eigenvalue weighted by Gasteiger charge is -2.25. The number of hydrogen-bond acceptors (Lipinski definition) is 5. The number of aliphatic hydroxyl groups is 1. The Balaban J connectivity index is 4.45. The molecule has 0 aromatic carbocycles. The standard InChI is InChI=1S/C40H81N2O6P/c1-6-8-10-12-14-16-18-20-21-22-24-26-28-30-32-34-40(44)41-38(37-48-49(45,46)47-36-35-42(3,4)5)39(43)33-31-29-27-25-23-19-17-15-13-11-9-7-2/h31,33,38-39,43H,6-30,32,34-37H2,1-5H3,(H-,41,44,45,46)/p+1/b33-31+/t38-,39+/m0/s1. The second-order valence-corrected chi connectivity index (χ2v) is 16.8. The molecule has 0 radical (unpaired) electrons. The minimum Gasteiger partial charge on any atom is -0.387 e. The van der Waals surface area contributed by atoms with Crippen LogP contribution in [-0.4, -0.2) is 73.4 Å². The highest BCUT2D eigenvalue weighted by Gasteiger charge is 2.27. The van der Waals surface area contributed by atoms with Gasteiger partial charge in [-0.1, -0.05) is 174 Å². The van der Waals surface area contributed by atoms with Crippen molar-refractivity contribution >= 4 is 13.7 Å². The SMILES string of the molecule is CCCCCCCCCCCC/C=C/[C@@H](O)[C@H](COP(=O)(O)OCC[N+](C)(C)C)NC(=O)CCCCCCCCCCCCCCCCC. The molecule has 0 rings (SSSR count). The van der Waals surface area contributed by atoms with Crippen molar-refractivity contribution in [2.75, 3.05) is 40.9 Å². The molecule has 3 N–H and O–H groups in total. The van der Waals surface area contributed by atoms with Crippen LogP contribution in [0.15, 0.2) is 12.2 Å². The van der Waals surface area contributed by atoms with Gasteiger partial charge in [-0.2, -0.15) is 0 Å². The molecular formula is C40H82N2O6P+. The molecule has 0 aliphatic carbocycles. The van der Waals surface area contributed by atoms with Gasteiger partial charge in [0.25, 0.3) is 0 Å². The van der Waals surface area contributed by atoms with Gasteiger partial charge in [0, 0.05) is 6.42 Å². The van der Waals surface area contributed by atoms with Gasteiger partial charge in [0.15, 0.2) is 0 Å². The molecule has 0 heterocycles. The third-order valence-corrected chi connectivity index (χ3v) is 10.2. The quantitative estimate of drug-likeness (QED) is 0.0256. The first-order valence-corrected chi connectivity index (χ1v) is 22.1. The van der Waals surface area contributed by atoms with Gasteiger partial charge in [-0.05, 0) is 19.3 Å². The molecule has 0 saturated carbocycles. The van der Waals surface area contributed by atoms with Crippen molar-refractivity contribution in [3.63, 3.8) is 0 Å². The zero-order valence-corrected chi connectivity index (χ0v) is 33.8. The van der Waals surface area contributed by atoms with E-state index in [-0.39, 0.29) is 19.1 Å². The number of nitrogens with zero attached hydrogens (tertiary/aromatic N) is 1. The summed E-state index contributed by atoms with van der Waals surface area (Å²) >= 11 is 0. The number of likely N-dealkylation sites (N-methyl/N-ethyl adjacent to an activating group) is 1. The number of carbonyl (C=O) groups is 1. The second kappa shape index (κ2) is 33.1. The van der Waals surface area contributed by atoms with E-state index in [0.29, 0.717) is 17.4 Å². The van der Waals surface area contributed by atoms with Crippen molar-refractivity contribution in [1.82, 2.24) is 5.32 Å². The Morgan fingerprint density at radius 2 is 1.08 bits per heavy atom. The smallest absolute Gasteiger partial charge is 0.387 e. The minimum atomic E-state index is -4.32. The van der Waals surface area contributed by atoms with E-state index in [2.05, 4.69) is 19.2 Å². The summed E-state index contributed by atoms with van der Waals surface area (Å²) in [6.07, 6.45) is 35.5. The van der Waals surface area contributed by atoms with Crippen LogP contribution >= 0.6 is 7.82 Å². The number of rotatable bonds is 37. The summed E-state index contributed by atoms with van der Waals surface area (Å²) in [6, 6.07) is -0.838. The van der Waals surface area contributed by atoms with Crippen molar-refractivity contribution in [2.45, 2.75) is 199 Å². The van der Waals surface area contributed by atoms with E-state index in [1.807, 2.05) is 27.2 Å². The van der Waals surface area contributed by atoms with Gasteiger partial charge in [0.2, 0.25) is 5.91 Å². The van der Waals surface area contributed by atoms with Gasteiger partial charge in [-0.15, -0.1) is 0 Å². The molecule has 0 aliphatic heterocycles. The lowest BCUT2D eigenvalue weighted by Crippen LogP contribution is -2.45. The summed E-state index contributed by atoms with van der Waals surface area (Å²) in [5.41, 5.74) is 0. The predicted octanol–water partition coefficient (Wildman–Crippen LogP) is 10.8. The highest BCUT2D eigenvalue weighted by atomic mass is 31.2. The van der Waals surface area contributed by atoms with Crippen LogP contribution in [0, 0.1) is 0 Å². The highest BCUT2D eigenvalue weighted by Crippen LogP contribution is 2.43. The van der Waals surface area contributed by atoms with Crippen LogP contribution in [0.5, 0.6) is 0 Å². The summed E-state index contributed by atoms with van der Waals surface area (Å²) in [6.45, 7) is 4.80. The molecule has 0 bridgehead atoms. The van der Waals surface area contributed by atoms with E-state index >= 15 is 0 Å². The molecule has 0 fully saturated rings. The molecule has 0 spiro atoms. The van der Waals surface area contributed by atoms with Crippen molar-refractivity contribution in [2.24, 2.45) is 0 Å². The summed E-state index contributed by atoms with van der Waals surface area (Å²) in [5, 5.41) is 13.8. The van der Waals surface area contributed by atoms with Gasteiger partial charge in [0.05, 0.1) is 39.9 Å². The van der Waals surface area contributed by atoms with Crippen LogP contribution in [0.25, 0.3) is 0 Å². The first kappa shape index (κ1) is 48.2. The maximum atomic E-state index is 12.8. The van der Waals surface area contributed by atoms with Crippen LogP contribution in [0.1, 0.15) is 187 Å². The maximum Gasteiger partial charge on any atom is 0.472 e. The van der Waals surface area contributed by atoms with Crippen LogP contribution in [0.3, 0.4) is 0 Å². The van der Waals surface area contributed by atoms with Gasteiger partial charge in [-0.3, -0.25) is 13.8 Å². The van der Waals surface area contributed by atoms with Crippen LogP contribution in [-0.2, 0) is 18.4 Å². The van der Waals surface area contributed by atoms with Gasteiger partial charge < -0.3 is 19.8 Å². The number of nitrogens with one attached hydrogen (secondary N) is 1. The number of carbonyl (C=O) groups excluding carboxylic acids is 1. The Morgan fingerprint density at radius 1 is 0.673 bits per heavy atom. The predicted molar refractivity (Wildman–Crippen MR) is 208 cm³/mol. The summed E-state index contributed by atoms with van der Waals surface area (Å²) < 4.78 is 23.5. The maximum absolute atomic E-state index is 12.8. The minimum absolute atomic E-state index is 0.0643. The fraction of sp³-hybridized carbons (Fsp3) is 0.925. The fourth-order valence-corrected chi connectivity index (χ4v) is 6.66. The summed E-state index contributed by atoms with van der Waals surface area (Å²) in [4.78, 5) is 23.0. The van der Waals surface area contributed by atoms with Crippen molar-refractivity contribution in [3.05, 3.63) is 12.2 Å². The number of unbranched alkanes of at least 4 members (excludes halogenated alkanes) is 24. The van der Waals surface area contributed by atoms with Crippen LogP contribution in [0.2, 0.25) is 0 Å². The largest absolute Gasteiger partial charge is 0.472 e. The first-order chi connectivity index (χ1) is 23.5. The molecule has 0 aliphatic rings. The van der Waals surface area contributed by atoms with Crippen molar-refractivity contribution < 1.29 is 32.9 Å². The summed E-state index contributed by atoms with van der Waals surface area (Å²) in [5.74, 6) is -0.177. The summed E-state index contributed by atoms with van der Waals surface area (Å²) in [7, 11) is 1.58. The Labute approximate surface area is 303 Å². The van der Waals surface area contributed by atoms with Gasteiger partial charge in [0.1, 0.15) is 13.2 Å². The number of aliphatic hydroxyl groups excluding tert-OH is 1. The molecule has 1 unspecified atom stereocenters.